The molecule has 0 aromatic carbocycles. The number of halogens is 2. The molecule has 0 spiro atoms. The smallest absolute Gasteiger partial charge is 0.306 e. The quantitative estimate of drug-likeness (QED) is 0.332. The van der Waals surface area contributed by atoms with Gasteiger partial charge in [-0.3, -0.25) is 4.79 Å². The van der Waals surface area contributed by atoms with Crippen LogP contribution in [0.15, 0.2) is 0 Å². The lowest BCUT2D eigenvalue weighted by atomic mass is 10.1. The Morgan fingerprint density at radius 3 is 2.44 bits per heavy atom. The van der Waals surface area contributed by atoms with Crippen molar-refractivity contribution in [3.05, 3.63) is 0 Å². The topological polar surface area (TPSA) is 26.3 Å². The van der Waals surface area contributed by atoms with E-state index in [2.05, 4.69) is 11.7 Å². The number of esters is 1. The van der Waals surface area contributed by atoms with Crippen LogP contribution < -0.4 is 0 Å². The van der Waals surface area contributed by atoms with E-state index in [0.717, 1.165) is 25.7 Å². The van der Waals surface area contributed by atoms with Gasteiger partial charge in [0, 0.05) is 11.8 Å². The van der Waals surface area contributed by atoms with Crippen LogP contribution in [0.5, 0.6) is 0 Å². The van der Waals surface area contributed by atoms with Crippen LogP contribution in [0.1, 0.15) is 58.3 Å². The first-order valence-electron chi connectivity index (χ1n) is 6.06. The molecule has 0 aliphatic heterocycles. The van der Waals surface area contributed by atoms with Crippen LogP contribution in [0.3, 0.4) is 0 Å². The van der Waals surface area contributed by atoms with E-state index in [4.69, 9.17) is 23.2 Å². The second-order valence-electron chi connectivity index (χ2n) is 3.94. The standard InChI is InChI=1S/C12H22Cl2O2/c1-2-11(14)8-6-4-3-5-7-9-12(15)16-10-13/h11H,2-10H2,1H3. The van der Waals surface area contributed by atoms with Crippen molar-refractivity contribution in [3.8, 4) is 0 Å². The highest BCUT2D eigenvalue weighted by Crippen LogP contribution is 2.13. The number of hydrogen-bond donors (Lipinski definition) is 0. The van der Waals surface area contributed by atoms with Crippen LogP contribution in [0.25, 0.3) is 0 Å². The molecule has 2 nitrogen and oxygen atoms in total. The molecule has 0 amide bonds. The Hall–Kier alpha value is 0.0500. The maximum Gasteiger partial charge on any atom is 0.306 e. The molecule has 16 heavy (non-hydrogen) atoms. The number of rotatable bonds is 10. The number of ether oxygens (including phenoxy) is 1. The predicted octanol–water partition coefficient (Wildman–Crippen LogP) is 4.47. The first-order valence-corrected chi connectivity index (χ1v) is 7.03. The molecule has 0 bridgehead atoms. The molecule has 0 radical (unpaired) electrons. The zero-order chi connectivity index (χ0) is 12.2. The van der Waals surface area contributed by atoms with Gasteiger partial charge in [-0.2, -0.15) is 0 Å². The third-order valence-electron chi connectivity index (χ3n) is 2.56. The average molecular weight is 269 g/mol. The minimum Gasteiger partial charge on any atom is -0.449 e. The predicted molar refractivity (Wildman–Crippen MR) is 69.1 cm³/mol. The normalized spacial score (nSPS) is 12.4. The molecular weight excluding hydrogens is 247 g/mol. The summed E-state index contributed by atoms with van der Waals surface area (Å²) in [5.41, 5.74) is 0. The SMILES string of the molecule is CCC(Cl)CCCCCCCC(=O)OCCl. The van der Waals surface area contributed by atoms with Crippen molar-refractivity contribution in [2.75, 3.05) is 6.07 Å². The van der Waals surface area contributed by atoms with Crippen molar-refractivity contribution in [2.45, 2.75) is 63.7 Å². The van der Waals surface area contributed by atoms with Crippen LogP contribution in [-0.2, 0) is 9.53 Å². The second-order valence-corrected chi connectivity index (χ2v) is 4.77. The summed E-state index contributed by atoms with van der Waals surface area (Å²) in [6.07, 6.45) is 8.17. The van der Waals surface area contributed by atoms with Gasteiger partial charge in [-0.05, 0) is 19.3 Å². The number of unbranched alkanes of at least 4 members (excludes halogenated alkanes) is 4. The first-order chi connectivity index (χ1) is 7.70. The van der Waals surface area contributed by atoms with Crippen molar-refractivity contribution >= 4 is 29.2 Å². The summed E-state index contributed by atoms with van der Waals surface area (Å²) in [6, 6.07) is -0.0348. The monoisotopic (exact) mass is 268 g/mol. The van der Waals surface area contributed by atoms with E-state index in [0.29, 0.717) is 11.8 Å². The molecule has 0 aliphatic carbocycles. The average Bonchev–Trinajstić information content (AvgIpc) is 2.27. The van der Waals surface area contributed by atoms with Gasteiger partial charge in [-0.25, -0.2) is 0 Å². The third kappa shape index (κ3) is 10.6. The molecule has 0 saturated heterocycles. The zero-order valence-electron chi connectivity index (χ0n) is 10.0. The lowest BCUT2D eigenvalue weighted by Crippen LogP contribution is -2.02. The molecule has 4 heteroatoms. The van der Waals surface area contributed by atoms with Gasteiger partial charge in [0.1, 0.15) is 0 Å². The van der Waals surface area contributed by atoms with E-state index in [1.165, 1.54) is 19.3 Å². The number of alkyl halides is 2. The Balaban J connectivity index is 3.12. The summed E-state index contributed by atoms with van der Waals surface area (Å²) in [6.45, 7) is 2.11. The van der Waals surface area contributed by atoms with Gasteiger partial charge in [0.25, 0.3) is 0 Å². The minimum atomic E-state index is -0.193. The number of carbonyl (C=O) groups is 1. The van der Waals surface area contributed by atoms with Gasteiger partial charge < -0.3 is 4.74 Å². The lowest BCUT2D eigenvalue weighted by Gasteiger charge is -2.05. The van der Waals surface area contributed by atoms with Crippen molar-refractivity contribution in [1.82, 2.24) is 0 Å². The van der Waals surface area contributed by atoms with Crippen LogP contribution in [-0.4, -0.2) is 17.4 Å². The molecule has 96 valence electrons. The number of hydrogen-bond acceptors (Lipinski definition) is 2. The largest absolute Gasteiger partial charge is 0.449 e. The van der Waals surface area contributed by atoms with Gasteiger partial charge >= 0.3 is 5.97 Å². The molecule has 0 aromatic rings. The van der Waals surface area contributed by atoms with E-state index in [-0.39, 0.29) is 12.0 Å². The summed E-state index contributed by atoms with van der Waals surface area (Å²) >= 11 is 11.3. The van der Waals surface area contributed by atoms with Crippen molar-refractivity contribution < 1.29 is 9.53 Å². The maximum atomic E-state index is 10.9. The number of carbonyl (C=O) groups excluding carboxylic acids is 1. The van der Waals surface area contributed by atoms with E-state index >= 15 is 0 Å². The highest BCUT2D eigenvalue weighted by molar-refractivity contribution is 6.20. The lowest BCUT2D eigenvalue weighted by molar-refractivity contribution is -0.141. The summed E-state index contributed by atoms with van der Waals surface area (Å²) in [5.74, 6) is -0.193. The zero-order valence-corrected chi connectivity index (χ0v) is 11.5. The summed E-state index contributed by atoms with van der Waals surface area (Å²) in [7, 11) is 0. The molecule has 0 aromatic heterocycles. The maximum absolute atomic E-state index is 10.9. The fourth-order valence-electron chi connectivity index (χ4n) is 1.50. The Morgan fingerprint density at radius 2 is 1.81 bits per heavy atom. The molecule has 0 fully saturated rings. The van der Waals surface area contributed by atoms with Gasteiger partial charge in [0.2, 0.25) is 0 Å². The van der Waals surface area contributed by atoms with Crippen LogP contribution in [0.2, 0.25) is 0 Å². The van der Waals surface area contributed by atoms with Crippen LogP contribution in [0, 0.1) is 0 Å². The molecule has 1 unspecified atom stereocenters. The Morgan fingerprint density at radius 1 is 1.19 bits per heavy atom. The third-order valence-corrected chi connectivity index (χ3v) is 3.19. The Kier molecular flexibility index (Phi) is 11.6. The highest BCUT2D eigenvalue weighted by Gasteiger charge is 2.02. The van der Waals surface area contributed by atoms with Gasteiger partial charge in [0.05, 0.1) is 0 Å². The molecule has 0 N–H and O–H groups in total. The fraction of sp³-hybridized carbons (Fsp3) is 0.917. The summed E-state index contributed by atoms with van der Waals surface area (Å²) in [4.78, 5) is 10.9. The Bertz CT molecular complexity index is 174. The highest BCUT2D eigenvalue weighted by atomic mass is 35.5. The Labute approximate surface area is 109 Å². The van der Waals surface area contributed by atoms with Gasteiger partial charge in [0.15, 0.2) is 6.07 Å². The molecule has 1 atom stereocenters. The fourth-order valence-corrected chi connectivity index (χ4v) is 1.78. The molecule has 0 rings (SSSR count). The molecule has 0 aliphatic rings. The molecular formula is C12H22Cl2O2. The second kappa shape index (κ2) is 11.5. The van der Waals surface area contributed by atoms with E-state index in [1.54, 1.807) is 0 Å². The van der Waals surface area contributed by atoms with E-state index < -0.39 is 0 Å². The van der Waals surface area contributed by atoms with Gasteiger partial charge in [-0.15, -0.1) is 11.6 Å². The first kappa shape index (κ1) is 16.1. The minimum absolute atomic E-state index is 0.0348. The molecule has 0 heterocycles. The van der Waals surface area contributed by atoms with Crippen molar-refractivity contribution in [1.29, 1.82) is 0 Å². The van der Waals surface area contributed by atoms with Crippen molar-refractivity contribution in [3.63, 3.8) is 0 Å². The summed E-state index contributed by atoms with van der Waals surface area (Å²) in [5, 5.41) is 0.332. The summed E-state index contributed by atoms with van der Waals surface area (Å²) < 4.78 is 4.62. The van der Waals surface area contributed by atoms with Gasteiger partial charge in [-0.1, -0.05) is 44.2 Å². The van der Waals surface area contributed by atoms with E-state index in [9.17, 15) is 4.79 Å². The van der Waals surface area contributed by atoms with E-state index in [1.807, 2.05) is 0 Å². The van der Waals surface area contributed by atoms with Crippen LogP contribution >= 0.6 is 23.2 Å². The van der Waals surface area contributed by atoms with Crippen molar-refractivity contribution in [2.24, 2.45) is 0 Å². The molecule has 0 saturated carbocycles. The van der Waals surface area contributed by atoms with Crippen LogP contribution in [0.4, 0.5) is 0 Å².